The van der Waals surface area contributed by atoms with E-state index in [2.05, 4.69) is 5.32 Å². The van der Waals surface area contributed by atoms with E-state index in [1.54, 1.807) is 0 Å². The molecule has 0 aliphatic rings. The molecule has 0 bridgehead atoms. The molecule has 0 rings (SSSR count). The lowest BCUT2D eigenvalue weighted by Gasteiger charge is -2.20. The van der Waals surface area contributed by atoms with Gasteiger partial charge in [0.2, 0.25) is 5.91 Å². The molecule has 21 heavy (non-hydrogen) atoms. The molecular weight excluding hydrogens is 288 g/mol. The number of Topliss-reactive ketones (excluding diaryl/α,β-unsaturated/α-hetero) is 1. The van der Waals surface area contributed by atoms with Crippen LogP contribution in [0.4, 0.5) is 0 Å². The molecule has 0 unspecified atom stereocenters. The van der Waals surface area contributed by atoms with Gasteiger partial charge in [-0.25, -0.2) is 0 Å². The van der Waals surface area contributed by atoms with Gasteiger partial charge in [-0.3, -0.25) is 14.4 Å². The molecule has 7 N–H and O–H groups in total. The van der Waals surface area contributed by atoms with E-state index in [4.69, 9.17) is 25.6 Å². The van der Waals surface area contributed by atoms with Crippen molar-refractivity contribution in [3.05, 3.63) is 0 Å². The number of rotatable bonds is 11. The van der Waals surface area contributed by atoms with Gasteiger partial charge in [-0.2, -0.15) is 5.48 Å². The molecule has 10 heteroatoms. The molecule has 0 saturated heterocycles. The summed E-state index contributed by atoms with van der Waals surface area (Å²) in [6.45, 7) is -1.92. The van der Waals surface area contributed by atoms with Crippen molar-refractivity contribution in [1.82, 2.24) is 10.8 Å². The van der Waals surface area contributed by atoms with Crippen molar-refractivity contribution >= 4 is 17.7 Å². The van der Waals surface area contributed by atoms with Gasteiger partial charge in [-0.15, -0.1) is 0 Å². The fraction of sp³-hybridized carbons (Fsp3) is 0.727. The topological polar surface area (TPSA) is 176 Å². The number of aliphatic hydroxyl groups excluding tert-OH is 3. The number of amides is 1. The summed E-state index contributed by atoms with van der Waals surface area (Å²) in [5.74, 6) is -4.06. The summed E-state index contributed by atoms with van der Waals surface area (Å²) in [6, 6.07) is -2.74. The van der Waals surface area contributed by atoms with Crippen molar-refractivity contribution in [1.29, 1.82) is 0 Å². The summed E-state index contributed by atoms with van der Waals surface area (Å²) < 4.78 is 0. The van der Waals surface area contributed by atoms with Crippen LogP contribution in [0.2, 0.25) is 0 Å². The molecule has 0 aromatic carbocycles. The summed E-state index contributed by atoms with van der Waals surface area (Å²) >= 11 is 0. The van der Waals surface area contributed by atoms with Crippen molar-refractivity contribution in [3.8, 4) is 0 Å². The van der Waals surface area contributed by atoms with Crippen LogP contribution in [0.3, 0.4) is 0 Å². The number of ketones is 1. The Morgan fingerprint density at radius 3 is 1.95 bits per heavy atom. The third kappa shape index (κ3) is 6.60. The maximum atomic E-state index is 11.8. The Kier molecular flexibility index (Phi) is 9.41. The molecule has 0 aliphatic carbocycles. The molecule has 0 aliphatic heterocycles. The highest BCUT2D eigenvalue weighted by atomic mass is 16.5. The standard InChI is InChI=1S/C11H20N2O8/c14-2-1-6(11(19)20)3-9(17)7(4-15)12-10(18)8(5-16)13-21/h6-8,13-16,21H,1-5H2,(H,12,18)(H,19,20)/t6-,7+,8+/m1/s1. The highest BCUT2D eigenvalue weighted by molar-refractivity contribution is 5.92. The average molecular weight is 308 g/mol. The Morgan fingerprint density at radius 1 is 1.00 bits per heavy atom. The van der Waals surface area contributed by atoms with Gasteiger partial charge >= 0.3 is 5.97 Å². The van der Waals surface area contributed by atoms with E-state index in [1.807, 2.05) is 0 Å². The van der Waals surface area contributed by atoms with E-state index in [-0.39, 0.29) is 6.42 Å². The quantitative estimate of drug-likeness (QED) is 0.194. The third-order valence-electron chi connectivity index (χ3n) is 2.82. The minimum absolute atomic E-state index is 0.134. The number of aliphatic carboxylic acids is 1. The number of nitrogens with one attached hydrogen (secondary N) is 2. The Bertz CT molecular complexity index is 358. The molecule has 0 fully saturated rings. The second-order valence-electron chi connectivity index (χ2n) is 4.33. The molecule has 122 valence electrons. The number of hydrogen-bond donors (Lipinski definition) is 7. The van der Waals surface area contributed by atoms with E-state index in [0.717, 1.165) is 0 Å². The molecule has 0 heterocycles. The maximum absolute atomic E-state index is 11.8. The zero-order chi connectivity index (χ0) is 16.4. The Morgan fingerprint density at radius 2 is 1.57 bits per heavy atom. The summed E-state index contributed by atoms with van der Waals surface area (Å²) in [5, 5.41) is 46.1. The van der Waals surface area contributed by atoms with Crippen LogP contribution in [0.5, 0.6) is 0 Å². The molecule has 0 spiro atoms. The predicted molar refractivity (Wildman–Crippen MR) is 67.3 cm³/mol. The van der Waals surface area contributed by atoms with Gasteiger partial charge in [0, 0.05) is 13.0 Å². The number of aliphatic hydroxyl groups is 3. The lowest BCUT2D eigenvalue weighted by Crippen LogP contribution is -2.52. The molecule has 1 amide bonds. The lowest BCUT2D eigenvalue weighted by atomic mass is 9.96. The zero-order valence-electron chi connectivity index (χ0n) is 11.2. The van der Waals surface area contributed by atoms with Crippen molar-refractivity contribution in [2.45, 2.75) is 24.9 Å². The summed E-state index contributed by atoms with van der Waals surface area (Å²) in [6.07, 6.45) is -0.609. The average Bonchev–Trinajstić information content (AvgIpc) is 2.45. The Labute approximate surface area is 120 Å². The van der Waals surface area contributed by atoms with Crippen LogP contribution in [-0.2, 0) is 14.4 Å². The number of carboxylic acids is 1. The van der Waals surface area contributed by atoms with Crippen LogP contribution >= 0.6 is 0 Å². The Balaban J connectivity index is 4.67. The first-order valence-corrected chi connectivity index (χ1v) is 6.19. The largest absolute Gasteiger partial charge is 0.481 e. The fourth-order valence-corrected chi connectivity index (χ4v) is 1.54. The van der Waals surface area contributed by atoms with Crippen molar-refractivity contribution in [2.75, 3.05) is 19.8 Å². The first-order valence-electron chi connectivity index (χ1n) is 6.19. The van der Waals surface area contributed by atoms with Crippen LogP contribution in [0.1, 0.15) is 12.8 Å². The summed E-state index contributed by atoms with van der Waals surface area (Å²) in [5.41, 5.74) is 1.52. The SMILES string of the molecule is O=C(O)[C@H](CCO)CC(=O)[C@H](CO)NC(=O)[C@H](CO)NO. The molecular formula is C11H20N2O8. The Hall–Kier alpha value is -1.59. The third-order valence-corrected chi connectivity index (χ3v) is 2.82. The van der Waals surface area contributed by atoms with E-state index >= 15 is 0 Å². The van der Waals surface area contributed by atoms with Gasteiger partial charge in [0.25, 0.3) is 0 Å². The summed E-state index contributed by atoms with van der Waals surface area (Å²) in [7, 11) is 0. The van der Waals surface area contributed by atoms with E-state index < -0.39 is 61.9 Å². The number of carboxylic acid groups (broad SMARTS) is 1. The van der Waals surface area contributed by atoms with Gasteiger partial charge in [-0.1, -0.05) is 0 Å². The number of carbonyl (C=O) groups excluding carboxylic acids is 2. The van der Waals surface area contributed by atoms with Gasteiger partial charge < -0.3 is 31.0 Å². The van der Waals surface area contributed by atoms with E-state index in [0.29, 0.717) is 0 Å². The normalized spacial score (nSPS) is 15.0. The molecule has 0 aromatic rings. The van der Waals surface area contributed by atoms with Gasteiger partial charge in [-0.05, 0) is 6.42 Å². The lowest BCUT2D eigenvalue weighted by molar-refractivity contribution is -0.144. The van der Waals surface area contributed by atoms with Gasteiger partial charge in [0.15, 0.2) is 5.78 Å². The van der Waals surface area contributed by atoms with Crippen LogP contribution in [-0.4, -0.2) is 75.2 Å². The minimum Gasteiger partial charge on any atom is -0.481 e. The maximum Gasteiger partial charge on any atom is 0.307 e. The minimum atomic E-state index is -1.38. The van der Waals surface area contributed by atoms with E-state index in [9.17, 15) is 14.4 Å². The molecule has 0 aromatic heterocycles. The first kappa shape index (κ1) is 19.4. The van der Waals surface area contributed by atoms with Crippen LogP contribution in [0, 0.1) is 5.92 Å². The summed E-state index contributed by atoms with van der Waals surface area (Å²) in [4.78, 5) is 34.2. The highest BCUT2D eigenvalue weighted by Crippen LogP contribution is 2.10. The fourth-order valence-electron chi connectivity index (χ4n) is 1.54. The monoisotopic (exact) mass is 308 g/mol. The van der Waals surface area contributed by atoms with Crippen molar-refractivity contribution in [3.63, 3.8) is 0 Å². The van der Waals surface area contributed by atoms with Crippen molar-refractivity contribution < 1.29 is 40.0 Å². The number of hydrogen-bond acceptors (Lipinski definition) is 8. The second kappa shape index (κ2) is 10.2. The van der Waals surface area contributed by atoms with Gasteiger partial charge in [0.05, 0.1) is 19.1 Å². The number of carbonyl (C=O) groups is 3. The van der Waals surface area contributed by atoms with Crippen LogP contribution in [0.25, 0.3) is 0 Å². The van der Waals surface area contributed by atoms with Crippen molar-refractivity contribution in [2.24, 2.45) is 5.92 Å². The van der Waals surface area contributed by atoms with Crippen LogP contribution < -0.4 is 10.8 Å². The highest BCUT2D eigenvalue weighted by Gasteiger charge is 2.28. The van der Waals surface area contributed by atoms with Crippen LogP contribution in [0.15, 0.2) is 0 Å². The first-order chi connectivity index (χ1) is 9.90. The zero-order valence-corrected chi connectivity index (χ0v) is 11.2. The smallest absolute Gasteiger partial charge is 0.307 e. The molecule has 0 radical (unpaired) electrons. The second-order valence-corrected chi connectivity index (χ2v) is 4.33. The molecule has 10 nitrogen and oxygen atoms in total. The molecule has 3 atom stereocenters. The predicted octanol–water partition coefficient (Wildman–Crippen LogP) is -3.15. The van der Waals surface area contributed by atoms with Gasteiger partial charge in [0.1, 0.15) is 12.1 Å². The molecule has 0 saturated carbocycles. The number of hydroxylamine groups is 1. The van der Waals surface area contributed by atoms with E-state index in [1.165, 1.54) is 5.48 Å².